The molecular weight excluding hydrogens is 192 g/mol. The zero-order valence-corrected chi connectivity index (χ0v) is 8.43. The highest BCUT2D eigenvalue weighted by Gasteiger charge is 2.06. The molecule has 0 spiro atoms. The first-order chi connectivity index (χ1) is 7.33. The molecule has 0 aliphatic carbocycles. The number of ether oxygens (including phenoxy) is 1. The van der Waals surface area contributed by atoms with Crippen LogP contribution < -0.4 is 10.5 Å². The SMILES string of the molecule is COc1cccc(-c2ncc(CN)o2)c1. The van der Waals surface area contributed by atoms with E-state index in [2.05, 4.69) is 4.98 Å². The molecule has 0 aliphatic rings. The maximum Gasteiger partial charge on any atom is 0.226 e. The fraction of sp³-hybridized carbons (Fsp3) is 0.182. The molecule has 4 nitrogen and oxygen atoms in total. The van der Waals surface area contributed by atoms with Crippen LogP contribution in [0.2, 0.25) is 0 Å². The Hall–Kier alpha value is -1.81. The van der Waals surface area contributed by atoms with Gasteiger partial charge in [-0.1, -0.05) is 6.07 Å². The Balaban J connectivity index is 2.35. The lowest BCUT2D eigenvalue weighted by molar-refractivity contribution is 0.414. The highest BCUT2D eigenvalue weighted by atomic mass is 16.5. The number of rotatable bonds is 3. The molecule has 0 atom stereocenters. The number of aromatic nitrogens is 1. The third-order valence-electron chi connectivity index (χ3n) is 2.07. The van der Waals surface area contributed by atoms with E-state index in [0.29, 0.717) is 18.2 Å². The molecule has 0 unspecified atom stereocenters. The van der Waals surface area contributed by atoms with Gasteiger partial charge in [0.25, 0.3) is 0 Å². The van der Waals surface area contributed by atoms with E-state index in [1.165, 1.54) is 0 Å². The van der Waals surface area contributed by atoms with Crippen molar-refractivity contribution < 1.29 is 9.15 Å². The van der Waals surface area contributed by atoms with Gasteiger partial charge in [-0.3, -0.25) is 0 Å². The molecule has 1 aromatic carbocycles. The lowest BCUT2D eigenvalue weighted by Crippen LogP contribution is -1.92. The lowest BCUT2D eigenvalue weighted by Gasteiger charge is -2.00. The summed E-state index contributed by atoms with van der Waals surface area (Å²) in [6.45, 7) is 0.358. The van der Waals surface area contributed by atoms with E-state index in [9.17, 15) is 0 Å². The minimum atomic E-state index is 0.358. The van der Waals surface area contributed by atoms with E-state index in [4.69, 9.17) is 14.9 Å². The third-order valence-corrected chi connectivity index (χ3v) is 2.07. The molecule has 4 heteroatoms. The van der Waals surface area contributed by atoms with Gasteiger partial charge >= 0.3 is 0 Å². The summed E-state index contributed by atoms with van der Waals surface area (Å²) in [5, 5.41) is 0. The van der Waals surface area contributed by atoms with Crippen molar-refractivity contribution in [2.24, 2.45) is 5.73 Å². The van der Waals surface area contributed by atoms with Crippen LogP contribution in [-0.4, -0.2) is 12.1 Å². The fourth-order valence-electron chi connectivity index (χ4n) is 1.29. The molecule has 2 aromatic rings. The van der Waals surface area contributed by atoms with Gasteiger partial charge in [0, 0.05) is 5.56 Å². The zero-order chi connectivity index (χ0) is 10.7. The van der Waals surface area contributed by atoms with Crippen molar-refractivity contribution in [3.8, 4) is 17.2 Å². The van der Waals surface area contributed by atoms with Gasteiger partial charge in [0.1, 0.15) is 11.5 Å². The number of benzene rings is 1. The zero-order valence-electron chi connectivity index (χ0n) is 8.43. The maximum atomic E-state index is 5.44. The number of hydrogen-bond acceptors (Lipinski definition) is 4. The van der Waals surface area contributed by atoms with Crippen LogP contribution >= 0.6 is 0 Å². The van der Waals surface area contributed by atoms with Crippen molar-refractivity contribution in [3.63, 3.8) is 0 Å². The second-order valence-corrected chi connectivity index (χ2v) is 3.07. The minimum absolute atomic E-state index is 0.358. The van der Waals surface area contributed by atoms with Crippen LogP contribution in [0.15, 0.2) is 34.9 Å². The van der Waals surface area contributed by atoms with Crippen LogP contribution in [0, 0.1) is 0 Å². The Kier molecular flexibility index (Phi) is 2.69. The predicted octanol–water partition coefficient (Wildman–Crippen LogP) is 1.81. The Morgan fingerprint density at radius 2 is 2.33 bits per heavy atom. The summed E-state index contributed by atoms with van der Waals surface area (Å²) < 4.78 is 10.5. The fourth-order valence-corrected chi connectivity index (χ4v) is 1.29. The molecule has 78 valence electrons. The topological polar surface area (TPSA) is 61.3 Å². The van der Waals surface area contributed by atoms with Gasteiger partial charge in [0.05, 0.1) is 19.9 Å². The van der Waals surface area contributed by atoms with Crippen molar-refractivity contribution in [2.45, 2.75) is 6.54 Å². The molecule has 2 rings (SSSR count). The van der Waals surface area contributed by atoms with Gasteiger partial charge in [-0.05, 0) is 18.2 Å². The van der Waals surface area contributed by atoms with Crippen molar-refractivity contribution in [2.75, 3.05) is 7.11 Å². The third kappa shape index (κ3) is 1.99. The molecule has 0 bridgehead atoms. The normalized spacial score (nSPS) is 10.3. The summed E-state index contributed by atoms with van der Waals surface area (Å²) in [6, 6.07) is 7.54. The molecule has 2 N–H and O–H groups in total. The second kappa shape index (κ2) is 4.14. The summed E-state index contributed by atoms with van der Waals surface area (Å²) in [5.41, 5.74) is 6.32. The van der Waals surface area contributed by atoms with E-state index in [-0.39, 0.29) is 0 Å². The molecule has 1 aromatic heterocycles. The van der Waals surface area contributed by atoms with Crippen molar-refractivity contribution in [1.82, 2.24) is 4.98 Å². The highest BCUT2D eigenvalue weighted by Crippen LogP contribution is 2.23. The first-order valence-corrected chi connectivity index (χ1v) is 4.62. The van der Waals surface area contributed by atoms with Crippen molar-refractivity contribution in [3.05, 3.63) is 36.2 Å². The van der Waals surface area contributed by atoms with Crippen LogP contribution in [0.1, 0.15) is 5.76 Å². The van der Waals surface area contributed by atoms with Crippen molar-refractivity contribution >= 4 is 0 Å². The Morgan fingerprint density at radius 1 is 1.47 bits per heavy atom. The van der Waals surface area contributed by atoms with E-state index >= 15 is 0 Å². The number of nitrogens with two attached hydrogens (primary N) is 1. The summed E-state index contributed by atoms with van der Waals surface area (Å²) in [4.78, 5) is 4.13. The maximum absolute atomic E-state index is 5.44. The van der Waals surface area contributed by atoms with Gasteiger partial charge in [-0.2, -0.15) is 0 Å². The largest absolute Gasteiger partial charge is 0.497 e. The number of hydrogen-bond donors (Lipinski definition) is 1. The Labute approximate surface area is 87.7 Å². The van der Waals surface area contributed by atoms with E-state index in [0.717, 1.165) is 11.3 Å². The molecule has 15 heavy (non-hydrogen) atoms. The highest BCUT2D eigenvalue weighted by molar-refractivity contribution is 5.55. The molecule has 0 aliphatic heterocycles. The summed E-state index contributed by atoms with van der Waals surface area (Å²) >= 11 is 0. The number of oxazole rings is 1. The van der Waals surface area contributed by atoms with Crippen LogP contribution in [0.25, 0.3) is 11.5 Å². The average Bonchev–Trinajstić information content (AvgIpc) is 2.78. The van der Waals surface area contributed by atoms with Crippen LogP contribution in [0.5, 0.6) is 5.75 Å². The molecule has 0 amide bonds. The summed E-state index contributed by atoms with van der Waals surface area (Å²) in [5.74, 6) is 2.02. The quantitative estimate of drug-likeness (QED) is 0.828. The minimum Gasteiger partial charge on any atom is -0.497 e. The Morgan fingerprint density at radius 3 is 3.00 bits per heavy atom. The molecule has 0 saturated carbocycles. The number of nitrogens with zero attached hydrogens (tertiary/aromatic N) is 1. The first kappa shape index (κ1) is 9.73. The van der Waals surface area contributed by atoms with Gasteiger partial charge in [0.2, 0.25) is 5.89 Å². The Bertz CT molecular complexity index is 451. The molecule has 0 radical (unpaired) electrons. The molecule has 0 saturated heterocycles. The van der Waals surface area contributed by atoms with Crippen LogP contribution in [-0.2, 0) is 6.54 Å². The molecule has 1 heterocycles. The first-order valence-electron chi connectivity index (χ1n) is 4.62. The predicted molar refractivity (Wildman–Crippen MR) is 56.4 cm³/mol. The van der Waals surface area contributed by atoms with Crippen LogP contribution in [0.4, 0.5) is 0 Å². The van der Waals surface area contributed by atoms with E-state index in [1.807, 2.05) is 24.3 Å². The smallest absolute Gasteiger partial charge is 0.226 e. The standard InChI is InChI=1S/C11H12N2O2/c1-14-9-4-2-3-8(5-9)11-13-7-10(6-12)15-11/h2-5,7H,6,12H2,1H3. The van der Waals surface area contributed by atoms with Gasteiger partial charge in [0.15, 0.2) is 0 Å². The van der Waals surface area contributed by atoms with Gasteiger partial charge < -0.3 is 14.9 Å². The van der Waals surface area contributed by atoms with E-state index in [1.54, 1.807) is 13.3 Å². The van der Waals surface area contributed by atoms with Gasteiger partial charge in [-0.15, -0.1) is 0 Å². The number of methoxy groups -OCH3 is 1. The second-order valence-electron chi connectivity index (χ2n) is 3.07. The summed E-state index contributed by atoms with van der Waals surface area (Å²) in [7, 11) is 1.62. The van der Waals surface area contributed by atoms with E-state index < -0.39 is 0 Å². The lowest BCUT2D eigenvalue weighted by atomic mass is 10.2. The van der Waals surface area contributed by atoms with Gasteiger partial charge in [-0.25, -0.2) is 4.98 Å². The molecular formula is C11H12N2O2. The van der Waals surface area contributed by atoms with Crippen LogP contribution in [0.3, 0.4) is 0 Å². The average molecular weight is 204 g/mol. The summed E-state index contributed by atoms with van der Waals surface area (Å²) in [6.07, 6.45) is 1.63. The monoisotopic (exact) mass is 204 g/mol. The van der Waals surface area contributed by atoms with Crippen molar-refractivity contribution in [1.29, 1.82) is 0 Å². The molecule has 0 fully saturated rings.